The highest BCUT2D eigenvalue weighted by atomic mass is 32.1. The second kappa shape index (κ2) is 6.64. The molecule has 1 aromatic carbocycles. The van der Waals surface area contributed by atoms with Crippen LogP contribution in [0, 0.1) is 0 Å². The zero-order valence-corrected chi connectivity index (χ0v) is 11.4. The van der Waals surface area contributed by atoms with Crippen molar-refractivity contribution >= 4 is 18.5 Å². The van der Waals surface area contributed by atoms with Gasteiger partial charge >= 0.3 is 0 Å². The van der Waals surface area contributed by atoms with Crippen molar-refractivity contribution in [3.05, 3.63) is 41.5 Å². The van der Waals surface area contributed by atoms with Crippen LogP contribution in [0.4, 0.5) is 0 Å². The van der Waals surface area contributed by atoms with Gasteiger partial charge in [0.25, 0.3) is 5.91 Å². The molecule has 0 bridgehead atoms. The van der Waals surface area contributed by atoms with E-state index >= 15 is 0 Å². The molecule has 1 aliphatic rings. The number of rotatable bonds is 4. The summed E-state index contributed by atoms with van der Waals surface area (Å²) in [6.45, 7) is 0.729. The zero-order chi connectivity index (χ0) is 12.8. The van der Waals surface area contributed by atoms with Crippen molar-refractivity contribution in [2.24, 2.45) is 0 Å². The first-order valence-electron chi connectivity index (χ1n) is 6.51. The topological polar surface area (TPSA) is 29.1 Å². The molecule has 2 nitrogen and oxygen atoms in total. The first-order valence-corrected chi connectivity index (χ1v) is 6.95. The molecule has 0 saturated heterocycles. The Kier molecular flexibility index (Phi) is 4.88. The second-order valence-corrected chi connectivity index (χ2v) is 5.18. The standard InChI is InChI=1S/C15H19NOS/c17-15(13-6-8-14(18)9-7-13)16-11-10-12-4-2-1-3-5-12/h4,6-9,18H,1-3,5,10-11H2,(H,16,17). The van der Waals surface area contributed by atoms with Crippen molar-refractivity contribution in [3.63, 3.8) is 0 Å². The fourth-order valence-corrected chi connectivity index (χ4v) is 2.33. The third-order valence-corrected chi connectivity index (χ3v) is 3.54. The maximum absolute atomic E-state index is 11.8. The number of carbonyl (C=O) groups excluding carboxylic acids is 1. The molecular weight excluding hydrogens is 242 g/mol. The number of carbonyl (C=O) groups is 1. The van der Waals surface area contributed by atoms with Gasteiger partial charge in [0, 0.05) is 17.0 Å². The van der Waals surface area contributed by atoms with Gasteiger partial charge in [-0.15, -0.1) is 12.6 Å². The first-order chi connectivity index (χ1) is 8.75. The monoisotopic (exact) mass is 261 g/mol. The van der Waals surface area contributed by atoms with Crippen LogP contribution in [0.15, 0.2) is 40.8 Å². The third-order valence-electron chi connectivity index (χ3n) is 3.25. The summed E-state index contributed by atoms with van der Waals surface area (Å²) in [5.74, 6) is -0.000238. The molecule has 0 aliphatic heterocycles. The summed E-state index contributed by atoms with van der Waals surface area (Å²) in [7, 11) is 0. The van der Waals surface area contributed by atoms with E-state index in [2.05, 4.69) is 24.0 Å². The van der Waals surface area contributed by atoms with Gasteiger partial charge in [0.05, 0.1) is 0 Å². The molecular formula is C15H19NOS. The molecule has 3 heteroatoms. The average molecular weight is 261 g/mol. The van der Waals surface area contributed by atoms with E-state index in [4.69, 9.17) is 0 Å². The molecule has 18 heavy (non-hydrogen) atoms. The molecule has 0 heterocycles. The van der Waals surface area contributed by atoms with Gasteiger partial charge in [-0.2, -0.15) is 0 Å². The Labute approximate surface area is 114 Å². The van der Waals surface area contributed by atoms with Crippen LogP contribution in [-0.2, 0) is 0 Å². The quantitative estimate of drug-likeness (QED) is 0.629. The molecule has 0 fully saturated rings. The maximum Gasteiger partial charge on any atom is 0.251 e. The van der Waals surface area contributed by atoms with Gasteiger partial charge < -0.3 is 5.32 Å². The van der Waals surface area contributed by atoms with Crippen molar-refractivity contribution < 1.29 is 4.79 Å². The van der Waals surface area contributed by atoms with Gasteiger partial charge in [-0.25, -0.2) is 0 Å². The highest BCUT2D eigenvalue weighted by Crippen LogP contribution is 2.19. The van der Waals surface area contributed by atoms with E-state index in [1.165, 1.54) is 31.3 Å². The summed E-state index contributed by atoms with van der Waals surface area (Å²) in [4.78, 5) is 12.7. The van der Waals surface area contributed by atoms with E-state index in [1.807, 2.05) is 12.1 Å². The van der Waals surface area contributed by atoms with Crippen molar-refractivity contribution in [2.45, 2.75) is 37.0 Å². The highest BCUT2D eigenvalue weighted by molar-refractivity contribution is 7.80. The van der Waals surface area contributed by atoms with Crippen LogP contribution in [0.3, 0.4) is 0 Å². The van der Waals surface area contributed by atoms with Crippen molar-refractivity contribution in [2.75, 3.05) is 6.54 Å². The van der Waals surface area contributed by atoms with Crippen LogP contribution in [0.25, 0.3) is 0 Å². The molecule has 0 unspecified atom stereocenters. The molecule has 96 valence electrons. The van der Waals surface area contributed by atoms with Crippen LogP contribution < -0.4 is 5.32 Å². The Balaban J connectivity index is 1.78. The maximum atomic E-state index is 11.8. The van der Waals surface area contributed by atoms with Crippen LogP contribution in [0.1, 0.15) is 42.5 Å². The fraction of sp³-hybridized carbons (Fsp3) is 0.400. The molecule has 0 saturated carbocycles. The predicted molar refractivity (Wildman–Crippen MR) is 77.2 cm³/mol. The Hall–Kier alpha value is -1.22. The molecule has 0 atom stereocenters. The van der Waals surface area contributed by atoms with E-state index in [0.717, 1.165) is 17.9 Å². The van der Waals surface area contributed by atoms with Gasteiger partial charge in [0.2, 0.25) is 0 Å². The molecule has 0 aromatic heterocycles. The van der Waals surface area contributed by atoms with Gasteiger partial charge in [-0.3, -0.25) is 4.79 Å². The first kappa shape index (κ1) is 13.2. The van der Waals surface area contributed by atoms with E-state index in [-0.39, 0.29) is 5.91 Å². The highest BCUT2D eigenvalue weighted by Gasteiger charge is 2.06. The minimum absolute atomic E-state index is 0.000238. The van der Waals surface area contributed by atoms with Gasteiger partial charge in [0.15, 0.2) is 0 Å². The molecule has 1 amide bonds. The summed E-state index contributed by atoms with van der Waals surface area (Å²) >= 11 is 4.20. The molecule has 0 radical (unpaired) electrons. The van der Waals surface area contributed by atoms with Crippen molar-refractivity contribution in [1.82, 2.24) is 5.32 Å². The summed E-state index contributed by atoms with van der Waals surface area (Å²) < 4.78 is 0. The van der Waals surface area contributed by atoms with E-state index in [0.29, 0.717) is 5.56 Å². The van der Waals surface area contributed by atoms with E-state index in [9.17, 15) is 4.79 Å². The number of thiol groups is 1. The number of nitrogens with one attached hydrogen (secondary N) is 1. The number of hydrogen-bond acceptors (Lipinski definition) is 2. The minimum atomic E-state index is -0.000238. The Bertz CT molecular complexity index is 436. The van der Waals surface area contributed by atoms with Crippen molar-refractivity contribution in [1.29, 1.82) is 0 Å². The molecule has 1 aromatic rings. The minimum Gasteiger partial charge on any atom is -0.352 e. The largest absolute Gasteiger partial charge is 0.352 e. The van der Waals surface area contributed by atoms with Crippen LogP contribution in [0.5, 0.6) is 0 Å². The number of amides is 1. The van der Waals surface area contributed by atoms with Gasteiger partial charge in [0.1, 0.15) is 0 Å². The summed E-state index contributed by atoms with van der Waals surface area (Å²) in [6.07, 6.45) is 8.31. The lowest BCUT2D eigenvalue weighted by molar-refractivity contribution is 0.0954. The summed E-state index contributed by atoms with van der Waals surface area (Å²) in [6, 6.07) is 7.28. The Morgan fingerprint density at radius 1 is 1.22 bits per heavy atom. The lowest BCUT2D eigenvalue weighted by atomic mass is 9.97. The number of allylic oxidation sites excluding steroid dienone is 1. The molecule has 1 aliphatic carbocycles. The van der Waals surface area contributed by atoms with Crippen LogP contribution in [-0.4, -0.2) is 12.5 Å². The fourth-order valence-electron chi connectivity index (χ4n) is 2.18. The molecule has 1 N–H and O–H groups in total. The van der Waals surface area contributed by atoms with E-state index in [1.54, 1.807) is 12.1 Å². The predicted octanol–water partition coefficient (Wildman–Crippen LogP) is 3.60. The number of benzene rings is 1. The lowest BCUT2D eigenvalue weighted by Gasteiger charge is -2.12. The SMILES string of the molecule is O=C(NCCC1=CCCCC1)c1ccc(S)cc1. The molecule has 2 rings (SSSR count). The average Bonchev–Trinajstić information content (AvgIpc) is 2.40. The second-order valence-electron chi connectivity index (χ2n) is 4.66. The smallest absolute Gasteiger partial charge is 0.251 e. The molecule has 0 spiro atoms. The van der Waals surface area contributed by atoms with Crippen LogP contribution >= 0.6 is 12.6 Å². The summed E-state index contributed by atoms with van der Waals surface area (Å²) in [5, 5.41) is 2.96. The Morgan fingerprint density at radius 3 is 2.67 bits per heavy atom. The summed E-state index contributed by atoms with van der Waals surface area (Å²) in [5.41, 5.74) is 2.19. The third kappa shape index (κ3) is 3.91. The van der Waals surface area contributed by atoms with E-state index < -0.39 is 0 Å². The zero-order valence-electron chi connectivity index (χ0n) is 10.5. The normalized spacial score (nSPS) is 15.1. The van der Waals surface area contributed by atoms with Crippen molar-refractivity contribution in [3.8, 4) is 0 Å². The van der Waals surface area contributed by atoms with Gasteiger partial charge in [-0.05, 0) is 56.4 Å². The Morgan fingerprint density at radius 2 is 2.00 bits per heavy atom. The van der Waals surface area contributed by atoms with Crippen LogP contribution in [0.2, 0.25) is 0 Å². The number of hydrogen-bond donors (Lipinski definition) is 2. The lowest BCUT2D eigenvalue weighted by Crippen LogP contribution is -2.24. The van der Waals surface area contributed by atoms with Gasteiger partial charge in [-0.1, -0.05) is 11.6 Å².